The normalized spacial score (nSPS) is 19.4. The van der Waals surface area contributed by atoms with Gasteiger partial charge in [0.15, 0.2) is 0 Å². The summed E-state index contributed by atoms with van der Waals surface area (Å²) >= 11 is 0. The van der Waals surface area contributed by atoms with Gasteiger partial charge >= 0.3 is 0 Å². The minimum absolute atomic E-state index is 0.194. The summed E-state index contributed by atoms with van der Waals surface area (Å²) in [6, 6.07) is 15.4. The van der Waals surface area contributed by atoms with E-state index < -0.39 is 0 Å². The smallest absolute Gasteiger partial charge is 0.0329 e. The van der Waals surface area contributed by atoms with Gasteiger partial charge in [-0.25, -0.2) is 0 Å². The van der Waals surface area contributed by atoms with E-state index in [0.29, 0.717) is 5.92 Å². The van der Waals surface area contributed by atoms with Crippen LogP contribution in [0.15, 0.2) is 42.5 Å². The van der Waals surface area contributed by atoms with Crippen molar-refractivity contribution in [3.63, 3.8) is 0 Å². The Bertz CT molecular complexity index is 547. The highest BCUT2D eigenvalue weighted by atomic mass is 14.7. The molecule has 2 aromatic rings. The van der Waals surface area contributed by atoms with Gasteiger partial charge in [0, 0.05) is 6.04 Å². The quantitative estimate of drug-likeness (QED) is 0.795. The van der Waals surface area contributed by atoms with E-state index in [0.717, 1.165) is 0 Å². The van der Waals surface area contributed by atoms with Crippen molar-refractivity contribution in [2.45, 2.75) is 51.0 Å². The third-order valence-corrected chi connectivity index (χ3v) is 4.84. The van der Waals surface area contributed by atoms with E-state index in [9.17, 15) is 0 Å². The van der Waals surface area contributed by atoms with Crippen LogP contribution in [-0.4, -0.2) is 0 Å². The molecule has 1 heteroatoms. The van der Waals surface area contributed by atoms with E-state index in [1.807, 2.05) is 0 Å². The van der Waals surface area contributed by atoms with Gasteiger partial charge in [-0.2, -0.15) is 0 Å². The zero-order valence-corrected chi connectivity index (χ0v) is 12.2. The van der Waals surface area contributed by atoms with Crippen LogP contribution in [0, 0.1) is 5.92 Å². The van der Waals surface area contributed by atoms with E-state index in [1.165, 1.54) is 61.3 Å². The van der Waals surface area contributed by atoms with Crippen molar-refractivity contribution in [3.8, 4) is 0 Å². The van der Waals surface area contributed by atoms with Crippen molar-refractivity contribution in [3.05, 3.63) is 48.0 Å². The second-order valence-corrected chi connectivity index (χ2v) is 6.20. The summed E-state index contributed by atoms with van der Waals surface area (Å²) in [7, 11) is 0. The largest absolute Gasteiger partial charge is 0.324 e. The summed E-state index contributed by atoms with van der Waals surface area (Å²) in [6.07, 6.45) is 9.48. The van der Waals surface area contributed by atoms with Gasteiger partial charge in [-0.05, 0) is 35.1 Å². The topological polar surface area (TPSA) is 26.0 Å². The van der Waals surface area contributed by atoms with E-state index in [4.69, 9.17) is 5.73 Å². The molecule has 0 radical (unpaired) electrons. The van der Waals surface area contributed by atoms with Crippen LogP contribution in [0.4, 0.5) is 0 Å². The van der Waals surface area contributed by atoms with Crippen molar-refractivity contribution in [1.82, 2.24) is 0 Å². The monoisotopic (exact) mass is 267 g/mol. The third-order valence-electron chi connectivity index (χ3n) is 4.84. The average molecular weight is 267 g/mol. The van der Waals surface area contributed by atoms with E-state index >= 15 is 0 Å². The van der Waals surface area contributed by atoms with Crippen LogP contribution in [0.3, 0.4) is 0 Å². The molecule has 0 amide bonds. The Morgan fingerprint density at radius 2 is 1.45 bits per heavy atom. The molecule has 0 aliphatic heterocycles. The average Bonchev–Trinajstić information content (AvgIpc) is 2.46. The summed E-state index contributed by atoms with van der Waals surface area (Å²) in [4.78, 5) is 0. The number of nitrogens with two attached hydrogens (primary N) is 1. The Hall–Kier alpha value is -1.34. The lowest BCUT2D eigenvalue weighted by Gasteiger charge is -2.27. The molecule has 0 spiro atoms. The first kappa shape index (κ1) is 13.6. The van der Waals surface area contributed by atoms with E-state index in [-0.39, 0.29) is 6.04 Å². The Kier molecular flexibility index (Phi) is 4.37. The minimum Gasteiger partial charge on any atom is -0.324 e. The molecule has 2 aromatic carbocycles. The van der Waals surface area contributed by atoms with Gasteiger partial charge in [0.1, 0.15) is 0 Å². The second kappa shape index (κ2) is 6.41. The van der Waals surface area contributed by atoms with E-state index in [1.54, 1.807) is 0 Å². The lowest BCUT2D eigenvalue weighted by atomic mass is 9.82. The fraction of sp³-hybridized carbons (Fsp3) is 0.474. The zero-order valence-electron chi connectivity index (χ0n) is 12.2. The number of hydrogen-bond donors (Lipinski definition) is 1. The minimum atomic E-state index is 0.194. The van der Waals surface area contributed by atoms with Gasteiger partial charge in [0.05, 0.1) is 0 Å². The molecule has 20 heavy (non-hydrogen) atoms. The molecule has 0 saturated heterocycles. The molecular formula is C19H25N. The predicted octanol–water partition coefficient (Wildman–Crippen LogP) is 5.20. The summed E-state index contributed by atoms with van der Waals surface area (Å²) in [5.41, 5.74) is 8.00. The predicted molar refractivity (Wildman–Crippen MR) is 86.7 cm³/mol. The maximum Gasteiger partial charge on any atom is 0.0329 e. The lowest BCUT2D eigenvalue weighted by molar-refractivity contribution is 0.328. The van der Waals surface area contributed by atoms with Crippen LogP contribution in [-0.2, 0) is 0 Å². The summed E-state index contributed by atoms with van der Waals surface area (Å²) < 4.78 is 0. The van der Waals surface area contributed by atoms with Gasteiger partial charge in [-0.3, -0.25) is 0 Å². The maximum atomic E-state index is 6.66. The molecule has 0 bridgehead atoms. The van der Waals surface area contributed by atoms with Crippen LogP contribution in [0.5, 0.6) is 0 Å². The Morgan fingerprint density at radius 1 is 0.800 bits per heavy atom. The van der Waals surface area contributed by atoms with Crippen molar-refractivity contribution >= 4 is 10.8 Å². The van der Waals surface area contributed by atoms with Gasteiger partial charge in [-0.15, -0.1) is 0 Å². The first-order valence-corrected chi connectivity index (χ1v) is 8.09. The molecule has 2 N–H and O–H groups in total. The van der Waals surface area contributed by atoms with Crippen LogP contribution in [0.2, 0.25) is 0 Å². The number of fused-ring (bicyclic) bond motifs is 1. The molecule has 1 nitrogen and oxygen atoms in total. The molecule has 1 atom stereocenters. The van der Waals surface area contributed by atoms with Gasteiger partial charge in [0.25, 0.3) is 0 Å². The zero-order chi connectivity index (χ0) is 13.8. The van der Waals surface area contributed by atoms with Crippen molar-refractivity contribution < 1.29 is 0 Å². The second-order valence-electron chi connectivity index (χ2n) is 6.20. The molecule has 1 aliphatic carbocycles. The Labute approximate surface area is 122 Å². The highest BCUT2D eigenvalue weighted by molar-refractivity contribution is 5.86. The van der Waals surface area contributed by atoms with Gasteiger partial charge in [0.2, 0.25) is 0 Å². The van der Waals surface area contributed by atoms with Crippen molar-refractivity contribution in [2.24, 2.45) is 11.7 Å². The standard InChI is InChI=1S/C19H25N/c20-19(16-10-4-2-1-3-5-11-16)18-14-8-12-15-9-6-7-13-17(15)18/h6-9,12-14,16,19H,1-5,10-11,20H2. The number of hydrogen-bond acceptors (Lipinski definition) is 1. The molecule has 1 saturated carbocycles. The molecule has 1 fully saturated rings. The van der Waals surface area contributed by atoms with Crippen LogP contribution in [0.25, 0.3) is 10.8 Å². The van der Waals surface area contributed by atoms with Crippen LogP contribution >= 0.6 is 0 Å². The molecule has 0 heterocycles. The molecule has 0 aromatic heterocycles. The maximum absolute atomic E-state index is 6.66. The summed E-state index contributed by atoms with van der Waals surface area (Å²) in [5.74, 6) is 0.654. The summed E-state index contributed by atoms with van der Waals surface area (Å²) in [6.45, 7) is 0. The Morgan fingerprint density at radius 3 is 2.25 bits per heavy atom. The fourth-order valence-electron chi connectivity index (χ4n) is 3.64. The molecule has 106 valence electrons. The highest BCUT2D eigenvalue weighted by Gasteiger charge is 2.21. The van der Waals surface area contributed by atoms with E-state index in [2.05, 4.69) is 42.5 Å². The molecular weight excluding hydrogens is 242 g/mol. The molecule has 1 unspecified atom stereocenters. The summed E-state index contributed by atoms with van der Waals surface area (Å²) in [5, 5.41) is 2.65. The van der Waals surface area contributed by atoms with Crippen LogP contribution in [0.1, 0.15) is 56.6 Å². The fourth-order valence-corrected chi connectivity index (χ4v) is 3.64. The first-order valence-electron chi connectivity index (χ1n) is 8.09. The third kappa shape index (κ3) is 2.88. The molecule has 3 rings (SSSR count). The molecule has 1 aliphatic rings. The SMILES string of the molecule is NC(c1cccc2ccccc12)C1CCCCCCC1. The lowest BCUT2D eigenvalue weighted by Crippen LogP contribution is -2.22. The van der Waals surface area contributed by atoms with Gasteiger partial charge < -0.3 is 5.73 Å². The first-order chi connectivity index (χ1) is 9.86. The van der Waals surface area contributed by atoms with Gasteiger partial charge in [-0.1, -0.05) is 74.6 Å². The van der Waals surface area contributed by atoms with Crippen molar-refractivity contribution in [1.29, 1.82) is 0 Å². The highest BCUT2D eigenvalue weighted by Crippen LogP contribution is 2.34. The number of rotatable bonds is 2. The number of benzene rings is 2. The Balaban J connectivity index is 1.89. The van der Waals surface area contributed by atoms with Crippen molar-refractivity contribution in [2.75, 3.05) is 0 Å². The van der Waals surface area contributed by atoms with Crippen LogP contribution < -0.4 is 5.73 Å².